The van der Waals surface area contributed by atoms with Gasteiger partial charge in [-0.2, -0.15) is 13.2 Å². The molecule has 7 heteroatoms. The van der Waals surface area contributed by atoms with Gasteiger partial charge in [0.05, 0.1) is 20.7 Å². The number of nitrogens with one attached hydrogen (secondary N) is 1. The third kappa shape index (κ3) is 3.89. The first kappa shape index (κ1) is 16.1. The van der Waals surface area contributed by atoms with E-state index in [-0.39, 0.29) is 12.1 Å². The van der Waals surface area contributed by atoms with E-state index in [0.717, 1.165) is 12.1 Å². The van der Waals surface area contributed by atoms with Gasteiger partial charge in [0, 0.05) is 6.54 Å². The average molecular weight is 383 g/mol. The summed E-state index contributed by atoms with van der Waals surface area (Å²) < 4.78 is 52.2. The molecule has 21 heavy (non-hydrogen) atoms. The Kier molecular flexibility index (Phi) is 4.78. The van der Waals surface area contributed by atoms with Crippen molar-refractivity contribution in [2.75, 3.05) is 5.32 Å². The van der Waals surface area contributed by atoms with Gasteiger partial charge in [0.2, 0.25) is 0 Å². The number of hydrogen-bond acceptors (Lipinski definition) is 1. The van der Waals surface area contributed by atoms with Gasteiger partial charge in [-0.3, -0.25) is 0 Å². The molecule has 2 aromatic carbocycles. The minimum Gasteiger partial charge on any atom is -0.380 e. The molecular formula is C14H9BrClF4N. The molecule has 0 atom stereocenters. The maximum atomic E-state index is 13.0. The Morgan fingerprint density at radius 2 is 1.86 bits per heavy atom. The molecule has 0 heterocycles. The second-order valence-corrected chi connectivity index (χ2v) is 5.45. The molecule has 0 bridgehead atoms. The summed E-state index contributed by atoms with van der Waals surface area (Å²) in [6.45, 7) is -0.103. The van der Waals surface area contributed by atoms with Gasteiger partial charge in [0.1, 0.15) is 5.82 Å². The van der Waals surface area contributed by atoms with Gasteiger partial charge >= 0.3 is 6.18 Å². The second-order valence-electron chi connectivity index (χ2n) is 4.25. The molecule has 0 unspecified atom stereocenters. The van der Waals surface area contributed by atoms with E-state index in [1.165, 1.54) is 0 Å². The van der Waals surface area contributed by atoms with Crippen LogP contribution in [0.1, 0.15) is 11.1 Å². The molecule has 112 valence electrons. The van der Waals surface area contributed by atoms with Crippen LogP contribution in [0.15, 0.2) is 40.9 Å². The van der Waals surface area contributed by atoms with Crippen LogP contribution in [0.5, 0.6) is 0 Å². The van der Waals surface area contributed by atoms with E-state index >= 15 is 0 Å². The van der Waals surface area contributed by atoms with Gasteiger partial charge in [-0.25, -0.2) is 4.39 Å². The molecule has 0 spiro atoms. The smallest absolute Gasteiger partial charge is 0.380 e. The first-order valence-corrected chi connectivity index (χ1v) is 6.99. The zero-order valence-corrected chi connectivity index (χ0v) is 12.8. The summed E-state index contributed by atoms with van der Waals surface area (Å²) in [4.78, 5) is 0. The molecule has 0 aromatic heterocycles. The molecule has 2 rings (SSSR count). The summed E-state index contributed by atoms with van der Waals surface area (Å²) in [5.74, 6) is -0.921. The number of rotatable bonds is 3. The molecule has 1 nitrogen and oxygen atoms in total. The lowest BCUT2D eigenvalue weighted by molar-refractivity contribution is -0.138. The van der Waals surface area contributed by atoms with Gasteiger partial charge in [0.15, 0.2) is 0 Å². The van der Waals surface area contributed by atoms with Crippen LogP contribution in [0, 0.1) is 5.82 Å². The molecule has 0 fully saturated rings. The molecule has 0 amide bonds. The molecule has 0 radical (unpaired) electrons. The van der Waals surface area contributed by atoms with Gasteiger partial charge in [-0.15, -0.1) is 0 Å². The van der Waals surface area contributed by atoms with E-state index < -0.39 is 17.6 Å². The van der Waals surface area contributed by atoms with E-state index in [2.05, 4.69) is 21.2 Å². The molecular weight excluding hydrogens is 374 g/mol. The summed E-state index contributed by atoms with van der Waals surface area (Å²) in [5.41, 5.74) is -0.483. The summed E-state index contributed by atoms with van der Waals surface area (Å²) in [6.07, 6.45) is -4.61. The van der Waals surface area contributed by atoms with Crippen LogP contribution in [0.4, 0.5) is 23.2 Å². The predicted octanol–water partition coefficient (Wildman–Crippen LogP) is 5.87. The van der Waals surface area contributed by atoms with Crippen molar-refractivity contribution in [1.29, 1.82) is 0 Å². The molecule has 0 saturated heterocycles. The van der Waals surface area contributed by atoms with E-state index in [1.807, 2.05) is 0 Å². The van der Waals surface area contributed by atoms with Crippen molar-refractivity contribution in [3.8, 4) is 0 Å². The van der Waals surface area contributed by atoms with E-state index in [1.54, 1.807) is 18.2 Å². The third-order valence-corrected chi connectivity index (χ3v) is 4.20. The van der Waals surface area contributed by atoms with Crippen LogP contribution in [0.25, 0.3) is 0 Å². The Labute approximate surface area is 132 Å². The minimum atomic E-state index is -4.61. The maximum absolute atomic E-state index is 13.0. The normalized spacial score (nSPS) is 11.5. The van der Waals surface area contributed by atoms with Gasteiger partial charge in [-0.1, -0.05) is 23.7 Å². The van der Waals surface area contributed by atoms with Gasteiger partial charge in [0.25, 0.3) is 0 Å². The van der Waals surface area contributed by atoms with Crippen LogP contribution < -0.4 is 5.32 Å². The van der Waals surface area contributed by atoms with Crippen LogP contribution >= 0.6 is 27.5 Å². The maximum Gasteiger partial charge on any atom is 0.416 e. The molecule has 0 aliphatic heterocycles. The fourth-order valence-electron chi connectivity index (χ4n) is 1.80. The van der Waals surface area contributed by atoms with Crippen molar-refractivity contribution in [3.05, 3.63) is 62.8 Å². The Morgan fingerprint density at radius 1 is 1.14 bits per heavy atom. The Morgan fingerprint density at radius 3 is 2.52 bits per heavy atom. The van der Waals surface area contributed by atoms with Crippen LogP contribution in [0.3, 0.4) is 0 Å². The molecule has 0 aliphatic rings. The van der Waals surface area contributed by atoms with Crippen molar-refractivity contribution < 1.29 is 17.6 Å². The summed E-state index contributed by atoms with van der Waals surface area (Å²) in [6, 6.07) is 7.60. The monoisotopic (exact) mass is 381 g/mol. The number of anilines is 1. The highest BCUT2D eigenvalue weighted by Gasteiger charge is 2.33. The van der Waals surface area contributed by atoms with Crippen LogP contribution in [-0.4, -0.2) is 0 Å². The van der Waals surface area contributed by atoms with E-state index in [0.29, 0.717) is 21.2 Å². The molecule has 0 saturated carbocycles. The number of halogens is 6. The standard InChI is InChI=1S/C14H9BrClF4N/c15-13-11(16)2-1-3-12(13)21-7-8-4-5-9(17)6-10(8)14(18,19)20/h1-6,21H,7H2. The van der Waals surface area contributed by atoms with Crippen LogP contribution in [0.2, 0.25) is 5.02 Å². The van der Waals surface area contributed by atoms with Crippen molar-refractivity contribution >= 4 is 33.2 Å². The Balaban J connectivity index is 2.26. The molecule has 1 N–H and O–H groups in total. The lowest BCUT2D eigenvalue weighted by atomic mass is 10.1. The number of benzene rings is 2. The SMILES string of the molecule is Fc1ccc(CNc2cccc(Cl)c2Br)c(C(F)(F)F)c1. The molecule has 0 aliphatic carbocycles. The average Bonchev–Trinajstić information content (AvgIpc) is 2.40. The van der Waals surface area contributed by atoms with E-state index in [9.17, 15) is 17.6 Å². The summed E-state index contributed by atoms with van der Waals surface area (Å²) in [5, 5.41) is 3.29. The zero-order chi connectivity index (χ0) is 15.6. The third-order valence-electron chi connectivity index (χ3n) is 2.80. The fourth-order valence-corrected chi connectivity index (χ4v) is 2.38. The Bertz CT molecular complexity index is 658. The van der Waals surface area contributed by atoms with Crippen molar-refractivity contribution in [2.45, 2.75) is 12.7 Å². The number of hydrogen-bond donors (Lipinski definition) is 1. The highest BCUT2D eigenvalue weighted by Crippen LogP contribution is 2.34. The zero-order valence-electron chi connectivity index (χ0n) is 10.4. The van der Waals surface area contributed by atoms with Gasteiger partial charge in [-0.05, 0) is 45.8 Å². The first-order chi connectivity index (χ1) is 9.79. The summed E-state index contributed by atoms with van der Waals surface area (Å²) in [7, 11) is 0. The van der Waals surface area contributed by atoms with Gasteiger partial charge < -0.3 is 5.32 Å². The molecule has 2 aromatic rings. The minimum absolute atomic E-state index is 0.0456. The largest absolute Gasteiger partial charge is 0.416 e. The first-order valence-electron chi connectivity index (χ1n) is 5.82. The topological polar surface area (TPSA) is 12.0 Å². The van der Waals surface area contributed by atoms with Crippen molar-refractivity contribution in [3.63, 3.8) is 0 Å². The van der Waals surface area contributed by atoms with Crippen molar-refractivity contribution in [2.24, 2.45) is 0 Å². The highest BCUT2D eigenvalue weighted by atomic mass is 79.9. The van der Waals surface area contributed by atoms with Crippen molar-refractivity contribution in [1.82, 2.24) is 0 Å². The highest BCUT2D eigenvalue weighted by molar-refractivity contribution is 9.10. The van der Waals surface area contributed by atoms with E-state index in [4.69, 9.17) is 11.6 Å². The fraction of sp³-hybridized carbons (Fsp3) is 0.143. The second kappa shape index (κ2) is 6.23. The van der Waals surface area contributed by atoms with Crippen LogP contribution in [-0.2, 0) is 12.7 Å². The quantitative estimate of drug-likeness (QED) is 0.654. The lowest BCUT2D eigenvalue weighted by Gasteiger charge is -2.15. The number of alkyl halides is 3. The Hall–Kier alpha value is -1.27. The predicted molar refractivity (Wildman–Crippen MR) is 77.9 cm³/mol. The summed E-state index contributed by atoms with van der Waals surface area (Å²) >= 11 is 9.15. The lowest BCUT2D eigenvalue weighted by Crippen LogP contribution is -2.12.